The van der Waals surface area contributed by atoms with Crippen LogP contribution in [-0.4, -0.2) is 47.2 Å². The molecule has 2 unspecified atom stereocenters. The fraction of sp³-hybridized carbons (Fsp3) is 0.370. The van der Waals surface area contributed by atoms with Crippen LogP contribution in [0.1, 0.15) is 49.0 Å². The fourth-order valence-corrected chi connectivity index (χ4v) is 4.31. The molecule has 3 rings (SSSR count). The van der Waals surface area contributed by atoms with Gasteiger partial charge in [-0.25, -0.2) is 0 Å². The highest BCUT2D eigenvalue weighted by Gasteiger charge is 2.23. The number of fused-ring (bicyclic) bond motifs is 1. The van der Waals surface area contributed by atoms with Gasteiger partial charge in [-0.15, -0.1) is 0 Å². The lowest BCUT2D eigenvalue weighted by Gasteiger charge is -2.21. The quantitative estimate of drug-likeness (QED) is 0.304. The minimum atomic E-state index is -1.11. The highest BCUT2D eigenvalue weighted by atomic mass is 16.5. The van der Waals surface area contributed by atoms with Crippen LogP contribution in [0, 0.1) is 5.92 Å². The van der Waals surface area contributed by atoms with Crippen molar-refractivity contribution in [3.8, 4) is 5.75 Å². The Morgan fingerprint density at radius 2 is 1.89 bits per heavy atom. The third-order valence-corrected chi connectivity index (χ3v) is 6.25. The molecule has 2 aromatic carbocycles. The molecule has 1 heterocycles. The van der Waals surface area contributed by atoms with Crippen LogP contribution in [0.4, 0.5) is 5.69 Å². The van der Waals surface area contributed by atoms with Gasteiger partial charge in [0.2, 0.25) is 5.91 Å². The van der Waals surface area contributed by atoms with E-state index in [0.717, 1.165) is 29.3 Å². The minimum absolute atomic E-state index is 0.0747. The summed E-state index contributed by atoms with van der Waals surface area (Å²) in [6.07, 6.45) is 4.36. The van der Waals surface area contributed by atoms with Crippen molar-refractivity contribution in [2.24, 2.45) is 11.7 Å². The number of carboxylic acids is 1. The molecule has 0 radical (unpaired) electrons. The highest BCUT2D eigenvalue weighted by Crippen LogP contribution is 2.26. The van der Waals surface area contributed by atoms with E-state index < -0.39 is 18.4 Å². The molecule has 0 saturated carbocycles. The van der Waals surface area contributed by atoms with Crippen molar-refractivity contribution in [1.29, 1.82) is 0 Å². The summed E-state index contributed by atoms with van der Waals surface area (Å²) in [6, 6.07) is 12.6. The molecule has 0 saturated heterocycles. The van der Waals surface area contributed by atoms with Crippen LogP contribution in [0.25, 0.3) is 10.9 Å². The van der Waals surface area contributed by atoms with Gasteiger partial charge in [-0.05, 0) is 48.6 Å². The number of nitrogens with one attached hydrogen (secondary N) is 2. The maximum absolute atomic E-state index is 12.9. The Hall–Kier alpha value is -3.85. The molecular formula is C27H34N4O5. The molecule has 1 aromatic heterocycles. The van der Waals surface area contributed by atoms with Crippen molar-refractivity contribution < 1.29 is 24.2 Å². The number of anilines is 1. The van der Waals surface area contributed by atoms with E-state index in [0.29, 0.717) is 30.0 Å². The molecule has 2 atom stereocenters. The number of carboxylic acid groups (broad SMARTS) is 1. The number of rotatable bonds is 12. The number of amides is 2. The summed E-state index contributed by atoms with van der Waals surface area (Å²) in [7, 11) is 1.52. The molecule has 9 heteroatoms. The first-order valence-corrected chi connectivity index (χ1v) is 12.1. The number of methoxy groups -OCH3 is 1. The minimum Gasteiger partial charge on any atom is -0.496 e. The van der Waals surface area contributed by atoms with Crippen molar-refractivity contribution in [1.82, 2.24) is 9.88 Å². The summed E-state index contributed by atoms with van der Waals surface area (Å²) in [5.41, 5.74) is 9.03. The first-order valence-electron chi connectivity index (χ1n) is 12.1. The second kappa shape index (κ2) is 12.2. The van der Waals surface area contributed by atoms with Gasteiger partial charge in [0, 0.05) is 29.1 Å². The lowest BCUT2D eigenvalue weighted by atomic mass is 9.93. The fourth-order valence-electron chi connectivity index (χ4n) is 4.31. The number of nitrogens with two attached hydrogens (primary N) is 1. The van der Waals surface area contributed by atoms with Crippen LogP contribution in [0.5, 0.6) is 5.75 Å². The van der Waals surface area contributed by atoms with E-state index in [1.54, 1.807) is 18.2 Å². The lowest BCUT2D eigenvalue weighted by Crippen LogP contribution is -2.38. The maximum Gasteiger partial charge on any atom is 0.322 e. The van der Waals surface area contributed by atoms with Gasteiger partial charge < -0.3 is 30.8 Å². The smallest absolute Gasteiger partial charge is 0.322 e. The molecule has 0 aliphatic heterocycles. The molecule has 0 bridgehead atoms. The Morgan fingerprint density at radius 1 is 1.11 bits per heavy atom. The largest absolute Gasteiger partial charge is 0.496 e. The first-order chi connectivity index (χ1) is 17.3. The molecule has 0 spiro atoms. The number of nitrogens with zero attached hydrogens (tertiary/aromatic N) is 1. The first kappa shape index (κ1) is 26.7. The van der Waals surface area contributed by atoms with Crippen LogP contribution in [0.3, 0.4) is 0 Å². The van der Waals surface area contributed by atoms with E-state index >= 15 is 0 Å². The molecule has 5 N–H and O–H groups in total. The van der Waals surface area contributed by atoms with Gasteiger partial charge in [0.1, 0.15) is 12.3 Å². The number of aromatic nitrogens is 1. The molecule has 36 heavy (non-hydrogen) atoms. The van der Waals surface area contributed by atoms with E-state index in [9.17, 15) is 14.4 Å². The molecule has 9 nitrogen and oxygen atoms in total. The van der Waals surface area contributed by atoms with E-state index in [1.165, 1.54) is 7.11 Å². The zero-order valence-electron chi connectivity index (χ0n) is 20.9. The Balaban J connectivity index is 1.81. The Bertz CT molecular complexity index is 1240. The van der Waals surface area contributed by atoms with E-state index in [2.05, 4.69) is 17.6 Å². The highest BCUT2D eigenvalue weighted by molar-refractivity contribution is 5.96. The van der Waals surface area contributed by atoms with Crippen LogP contribution in [-0.2, 0) is 16.1 Å². The van der Waals surface area contributed by atoms with Crippen LogP contribution < -0.4 is 21.1 Å². The van der Waals surface area contributed by atoms with E-state index in [4.69, 9.17) is 15.6 Å². The monoisotopic (exact) mass is 494 g/mol. The Kier molecular flexibility index (Phi) is 9.08. The molecule has 0 aliphatic rings. The third-order valence-electron chi connectivity index (χ3n) is 6.25. The predicted octanol–water partition coefficient (Wildman–Crippen LogP) is 3.60. The van der Waals surface area contributed by atoms with E-state index in [1.807, 2.05) is 42.0 Å². The SMILES string of the molecule is CCCC(N)C(CC)C(=O)Nc1ccc2ccn(Cc3ccc(C(=O)NCC(=O)O)cc3OC)c2c1. The molecular weight excluding hydrogens is 460 g/mol. The maximum atomic E-state index is 12.9. The van der Waals surface area contributed by atoms with Crippen molar-refractivity contribution >= 4 is 34.4 Å². The van der Waals surface area contributed by atoms with Crippen LogP contribution in [0.2, 0.25) is 0 Å². The molecule has 192 valence electrons. The van der Waals surface area contributed by atoms with Gasteiger partial charge in [-0.1, -0.05) is 32.4 Å². The normalized spacial score (nSPS) is 12.7. The number of carbonyl (C=O) groups excluding carboxylic acids is 2. The van der Waals surface area contributed by atoms with Crippen molar-refractivity contribution in [3.63, 3.8) is 0 Å². The Labute approximate surface area is 210 Å². The summed E-state index contributed by atoms with van der Waals surface area (Å²) >= 11 is 0. The average Bonchev–Trinajstić information content (AvgIpc) is 3.25. The standard InChI is InChI=1S/C27H34N4O5/c1-4-6-22(28)21(5-2)27(35)30-20-10-9-17-11-12-31(23(17)14-20)16-19-8-7-18(13-24(19)36-3)26(34)29-15-25(32)33/h7-14,21-22H,4-6,15-16,28H2,1-3H3,(H,29,34)(H,30,35)(H,32,33). The number of hydrogen-bond acceptors (Lipinski definition) is 5. The summed E-state index contributed by atoms with van der Waals surface area (Å²) in [5, 5.41) is 15.2. The zero-order chi connectivity index (χ0) is 26.2. The summed E-state index contributed by atoms with van der Waals surface area (Å²) < 4.78 is 7.54. The number of aliphatic carboxylic acids is 1. The van der Waals surface area contributed by atoms with Gasteiger partial charge in [-0.2, -0.15) is 0 Å². The summed E-state index contributed by atoms with van der Waals surface area (Å²) in [4.78, 5) is 35.8. The van der Waals surface area contributed by atoms with Gasteiger partial charge in [0.15, 0.2) is 0 Å². The van der Waals surface area contributed by atoms with Crippen LogP contribution in [0.15, 0.2) is 48.7 Å². The average molecular weight is 495 g/mol. The summed E-state index contributed by atoms with van der Waals surface area (Å²) in [6.45, 7) is 4.05. The Morgan fingerprint density at radius 3 is 2.56 bits per heavy atom. The zero-order valence-corrected chi connectivity index (χ0v) is 20.9. The molecule has 2 amide bonds. The third kappa shape index (κ3) is 6.42. The molecule has 3 aromatic rings. The number of carbonyl (C=O) groups is 3. The predicted molar refractivity (Wildman–Crippen MR) is 139 cm³/mol. The van der Waals surface area contributed by atoms with Crippen molar-refractivity contribution in [3.05, 3.63) is 59.8 Å². The van der Waals surface area contributed by atoms with Gasteiger partial charge >= 0.3 is 5.97 Å². The second-order valence-electron chi connectivity index (χ2n) is 8.78. The number of benzene rings is 2. The topological polar surface area (TPSA) is 136 Å². The van der Waals surface area contributed by atoms with Gasteiger partial charge in [-0.3, -0.25) is 14.4 Å². The number of ether oxygens (including phenoxy) is 1. The van der Waals surface area contributed by atoms with Gasteiger partial charge in [0.25, 0.3) is 5.91 Å². The molecule has 0 aliphatic carbocycles. The van der Waals surface area contributed by atoms with Crippen molar-refractivity contribution in [2.45, 2.75) is 45.7 Å². The second-order valence-corrected chi connectivity index (χ2v) is 8.78. The number of hydrogen-bond donors (Lipinski definition) is 4. The van der Waals surface area contributed by atoms with Crippen LogP contribution >= 0.6 is 0 Å². The molecule has 0 fully saturated rings. The van der Waals surface area contributed by atoms with Crippen molar-refractivity contribution in [2.75, 3.05) is 19.0 Å². The van der Waals surface area contributed by atoms with E-state index in [-0.39, 0.29) is 17.9 Å². The lowest BCUT2D eigenvalue weighted by molar-refractivity contribution is -0.135. The van der Waals surface area contributed by atoms with Gasteiger partial charge in [0.05, 0.1) is 25.1 Å². The summed E-state index contributed by atoms with van der Waals surface area (Å²) in [5.74, 6) is -1.41.